The van der Waals surface area contributed by atoms with Gasteiger partial charge in [-0.3, -0.25) is 9.69 Å². The molecule has 1 atom stereocenters. The predicted molar refractivity (Wildman–Crippen MR) is 93.1 cm³/mol. The minimum Gasteiger partial charge on any atom is -0.387 e. The highest BCUT2D eigenvalue weighted by molar-refractivity contribution is 5.95. The molecule has 2 aromatic rings. The summed E-state index contributed by atoms with van der Waals surface area (Å²) >= 11 is 0. The fourth-order valence-corrected chi connectivity index (χ4v) is 3.87. The number of fused-ring (bicyclic) bond motifs is 1. The van der Waals surface area contributed by atoms with Crippen LogP contribution in [0.25, 0.3) is 0 Å². The second kappa shape index (κ2) is 6.57. The zero-order valence-electron chi connectivity index (χ0n) is 14.2. The van der Waals surface area contributed by atoms with E-state index < -0.39 is 5.60 Å². The van der Waals surface area contributed by atoms with Gasteiger partial charge in [0.15, 0.2) is 0 Å². The number of nitrogens with zero attached hydrogens (tertiary/aromatic N) is 5. The highest BCUT2D eigenvalue weighted by atomic mass is 16.3. The summed E-state index contributed by atoms with van der Waals surface area (Å²) < 4.78 is 1.66. The summed E-state index contributed by atoms with van der Waals surface area (Å²) in [6.45, 7) is 3.26. The van der Waals surface area contributed by atoms with Crippen molar-refractivity contribution in [2.75, 3.05) is 31.1 Å². The number of benzene rings is 1. The van der Waals surface area contributed by atoms with E-state index in [0.717, 1.165) is 25.2 Å². The first kappa shape index (κ1) is 16.2. The van der Waals surface area contributed by atoms with Crippen LogP contribution in [-0.2, 0) is 17.8 Å². The highest BCUT2D eigenvalue weighted by Crippen LogP contribution is 2.28. The normalized spacial score (nSPS) is 23.2. The van der Waals surface area contributed by atoms with E-state index in [2.05, 4.69) is 21.3 Å². The number of β-amino-alcohol motifs (C(OH)–C–C–N with tert-alkyl or cyclic N) is 1. The summed E-state index contributed by atoms with van der Waals surface area (Å²) in [5.74, 6) is 0.164. The molecule has 1 N–H and O–H groups in total. The molecule has 25 heavy (non-hydrogen) atoms. The SMILES string of the molecule is O=C(CCN1CCC(O)(Cn2ccnn2)C1)N1CCc2ccccc21. The molecule has 1 fully saturated rings. The van der Waals surface area contributed by atoms with E-state index in [1.165, 1.54) is 5.56 Å². The molecule has 3 heterocycles. The van der Waals surface area contributed by atoms with Gasteiger partial charge in [0, 0.05) is 44.5 Å². The van der Waals surface area contributed by atoms with Crippen molar-refractivity contribution in [3.8, 4) is 0 Å². The number of aliphatic hydroxyl groups is 1. The fraction of sp³-hybridized carbons (Fsp3) is 0.500. The van der Waals surface area contributed by atoms with E-state index in [0.29, 0.717) is 32.5 Å². The standard InChI is InChI=1S/C18H23N5O2/c24-17(23-10-5-15-3-1-2-4-16(15)23)6-9-21-11-7-18(25,13-21)14-22-12-8-19-20-22/h1-4,8,12,25H,5-7,9-11,13-14H2. The quantitative estimate of drug-likeness (QED) is 0.866. The second-order valence-corrected chi connectivity index (χ2v) is 7.03. The van der Waals surface area contributed by atoms with Crippen molar-refractivity contribution in [3.05, 3.63) is 42.2 Å². The van der Waals surface area contributed by atoms with Crippen molar-refractivity contribution in [3.63, 3.8) is 0 Å². The van der Waals surface area contributed by atoms with Crippen LogP contribution in [0.1, 0.15) is 18.4 Å². The zero-order chi connectivity index (χ0) is 17.3. The van der Waals surface area contributed by atoms with Gasteiger partial charge >= 0.3 is 0 Å². The number of aromatic nitrogens is 3. The lowest BCUT2D eigenvalue weighted by Crippen LogP contribution is -2.39. The molecule has 0 spiro atoms. The molecule has 0 radical (unpaired) electrons. The Labute approximate surface area is 146 Å². The molecule has 4 rings (SSSR count). The molecule has 0 bridgehead atoms. The van der Waals surface area contributed by atoms with Gasteiger partial charge in [0.05, 0.1) is 18.3 Å². The van der Waals surface area contributed by atoms with Crippen LogP contribution >= 0.6 is 0 Å². The first-order valence-electron chi connectivity index (χ1n) is 8.80. The number of hydrogen-bond acceptors (Lipinski definition) is 5. The molecule has 1 aromatic heterocycles. The maximum absolute atomic E-state index is 12.6. The topological polar surface area (TPSA) is 74.5 Å². The van der Waals surface area contributed by atoms with Gasteiger partial charge in [-0.05, 0) is 24.5 Å². The highest BCUT2D eigenvalue weighted by Gasteiger charge is 2.37. The molecular formula is C18H23N5O2. The molecule has 0 saturated carbocycles. The van der Waals surface area contributed by atoms with Gasteiger partial charge in [-0.2, -0.15) is 0 Å². The molecule has 7 nitrogen and oxygen atoms in total. The smallest absolute Gasteiger partial charge is 0.228 e. The second-order valence-electron chi connectivity index (χ2n) is 7.03. The Morgan fingerprint density at radius 1 is 1.28 bits per heavy atom. The van der Waals surface area contributed by atoms with Crippen LogP contribution < -0.4 is 4.90 Å². The maximum Gasteiger partial charge on any atom is 0.228 e. The number of carbonyl (C=O) groups excluding carboxylic acids is 1. The number of rotatable bonds is 5. The Morgan fingerprint density at radius 2 is 2.16 bits per heavy atom. The average Bonchev–Trinajstić information content (AvgIpc) is 3.33. The lowest BCUT2D eigenvalue weighted by Gasteiger charge is -2.24. The zero-order valence-corrected chi connectivity index (χ0v) is 14.2. The van der Waals surface area contributed by atoms with Gasteiger partial charge in [0.25, 0.3) is 0 Å². The van der Waals surface area contributed by atoms with Crippen molar-refractivity contribution < 1.29 is 9.90 Å². The Morgan fingerprint density at radius 3 is 3.00 bits per heavy atom. The Bertz CT molecular complexity index is 748. The Balaban J connectivity index is 1.30. The minimum atomic E-state index is -0.795. The van der Waals surface area contributed by atoms with Gasteiger partial charge in [-0.15, -0.1) is 5.10 Å². The summed E-state index contributed by atoms with van der Waals surface area (Å²) in [6, 6.07) is 8.11. The third-order valence-electron chi connectivity index (χ3n) is 5.17. The van der Waals surface area contributed by atoms with Gasteiger partial charge in [0.2, 0.25) is 5.91 Å². The van der Waals surface area contributed by atoms with Crippen LogP contribution in [0.4, 0.5) is 5.69 Å². The predicted octanol–water partition coefficient (Wildman–Crippen LogP) is 0.694. The van der Waals surface area contributed by atoms with Gasteiger partial charge in [0.1, 0.15) is 0 Å². The summed E-state index contributed by atoms with van der Waals surface area (Å²) in [6.07, 6.45) is 5.47. The third-order valence-corrected chi connectivity index (χ3v) is 5.17. The number of likely N-dealkylation sites (tertiary alicyclic amines) is 1. The lowest BCUT2D eigenvalue weighted by molar-refractivity contribution is -0.118. The fourth-order valence-electron chi connectivity index (χ4n) is 3.87. The number of anilines is 1. The molecule has 2 aliphatic rings. The van der Waals surface area contributed by atoms with Crippen LogP contribution in [-0.4, -0.2) is 62.7 Å². The molecule has 2 aliphatic heterocycles. The van der Waals surface area contributed by atoms with Gasteiger partial charge in [-0.1, -0.05) is 23.4 Å². The molecule has 0 aliphatic carbocycles. The monoisotopic (exact) mass is 341 g/mol. The van der Waals surface area contributed by atoms with Crippen molar-refractivity contribution >= 4 is 11.6 Å². The van der Waals surface area contributed by atoms with Crippen molar-refractivity contribution in [1.29, 1.82) is 0 Å². The molecule has 1 saturated heterocycles. The minimum absolute atomic E-state index is 0.164. The lowest BCUT2D eigenvalue weighted by atomic mass is 10.0. The molecule has 1 aromatic carbocycles. The summed E-state index contributed by atoms with van der Waals surface area (Å²) in [4.78, 5) is 16.7. The van der Waals surface area contributed by atoms with Crippen LogP contribution in [0.2, 0.25) is 0 Å². The van der Waals surface area contributed by atoms with E-state index in [4.69, 9.17) is 0 Å². The number of amides is 1. The van der Waals surface area contributed by atoms with Crippen molar-refractivity contribution in [1.82, 2.24) is 19.9 Å². The molecule has 132 valence electrons. The van der Waals surface area contributed by atoms with Crippen LogP contribution in [0, 0.1) is 0 Å². The Hall–Kier alpha value is -2.25. The van der Waals surface area contributed by atoms with E-state index in [1.54, 1.807) is 17.1 Å². The van der Waals surface area contributed by atoms with E-state index >= 15 is 0 Å². The van der Waals surface area contributed by atoms with E-state index in [1.807, 2.05) is 23.1 Å². The third kappa shape index (κ3) is 3.43. The number of hydrogen-bond donors (Lipinski definition) is 1. The molecule has 7 heteroatoms. The largest absolute Gasteiger partial charge is 0.387 e. The van der Waals surface area contributed by atoms with Crippen molar-refractivity contribution in [2.24, 2.45) is 0 Å². The van der Waals surface area contributed by atoms with E-state index in [-0.39, 0.29) is 5.91 Å². The maximum atomic E-state index is 12.6. The molecule has 1 unspecified atom stereocenters. The average molecular weight is 341 g/mol. The van der Waals surface area contributed by atoms with Gasteiger partial charge in [-0.25, -0.2) is 4.68 Å². The number of carbonyl (C=O) groups is 1. The number of para-hydroxylation sites is 1. The Kier molecular flexibility index (Phi) is 4.27. The molecular weight excluding hydrogens is 318 g/mol. The van der Waals surface area contributed by atoms with Gasteiger partial charge < -0.3 is 10.0 Å². The first-order valence-corrected chi connectivity index (χ1v) is 8.80. The summed E-state index contributed by atoms with van der Waals surface area (Å²) in [7, 11) is 0. The summed E-state index contributed by atoms with van der Waals surface area (Å²) in [5.41, 5.74) is 1.51. The first-order chi connectivity index (χ1) is 12.1. The van der Waals surface area contributed by atoms with E-state index in [9.17, 15) is 9.90 Å². The van der Waals surface area contributed by atoms with Crippen LogP contribution in [0.5, 0.6) is 0 Å². The van der Waals surface area contributed by atoms with Crippen LogP contribution in [0.3, 0.4) is 0 Å². The van der Waals surface area contributed by atoms with Crippen LogP contribution in [0.15, 0.2) is 36.7 Å². The molecule has 1 amide bonds. The summed E-state index contributed by atoms with van der Waals surface area (Å²) in [5, 5.41) is 18.4. The van der Waals surface area contributed by atoms with Crippen molar-refractivity contribution in [2.45, 2.75) is 31.4 Å².